The molecule has 1 aromatic rings. The fourth-order valence-corrected chi connectivity index (χ4v) is 1.84. The zero-order valence-corrected chi connectivity index (χ0v) is 11.9. The van der Waals surface area contributed by atoms with Crippen molar-refractivity contribution in [3.63, 3.8) is 0 Å². The normalized spacial score (nSPS) is 18.0. The molecule has 0 saturated heterocycles. The van der Waals surface area contributed by atoms with Gasteiger partial charge in [-0.15, -0.1) is 0 Å². The molecule has 0 radical (unpaired) electrons. The molecular weight excluding hydrogens is 259 g/mol. The van der Waals surface area contributed by atoms with Gasteiger partial charge in [0.05, 0.1) is 12.0 Å². The van der Waals surface area contributed by atoms with Crippen molar-refractivity contribution in [1.29, 1.82) is 0 Å². The van der Waals surface area contributed by atoms with Crippen molar-refractivity contribution in [1.82, 2.24) is 0 Å². The van der Waals surface area contributed by atoms with Crippen molar-refractivity contribution in [2.24, 2.45) is 11.7 Å². The lowest BCUT2D eigenvalue weighted by Crippen LogP contribution is -2.34. The minimum absolute atomic E-state index is 0.128. The van der Waals surface area contributed by atoms with Crippen LogP contribution in [0.15, 0.2) is 18.2 Å². The van der Waals surface area contributed by atoms with E-state index in [1.807, 2.05) is 0 Å². The second kappa shape index (κ2) is 6.22. The molecule has 4 nitrogen and oxygen atoms in total. The molecule has 2 rings (SSSR count). The third-order valence-electron chi connectivity index (χ3n) is 3.75. The Bertz CT molecular complexity index is 487. The van der Waals surface area contributed by atoms with Crippen molar-refractivity contribution < 1.29 is 13.9 Å². The van der Waals surface area contributed by atoms with Gasteiger partial charge in [-0.05, 0) is 38.3 Å². The van der Waals surface area contributed by atoms with Crippen LogP contribution in [0.5, 0.6) is 5.75 Å². The van der Waals surface area contributed by atoms with Gasteiger partial charge in [0, 0.05) is 17.8 Å². The van der Waals surface area contributed by atoms with Crippen molar-refractivity contribution in [2.75, 3.05) is 5.32 Å². The van der Waals surface area contributed by atoms with Crippen LogP contribution in [0.2, 0.25) is 0 Å². The standard InChI is InChI=1S/C15H21FN2O2/c1-9(10(2)17)15(19)18-11-6-7-14(13(16)8-11)20-12-4-3-5-12/h6-10,12H,3-5,17H2,1-2H3,(H,18,19). The Labute approximate surface area is 118 Å². The van der Waals surface area contributed by atoms with Crippen LogP contribution in [0.1, 0.15) is 33.1 Å². The molecule has 1 aromatic carbocycles. The minimum atomic E-state index is -0.455. The number of rotatable bonds is 5. The SMILES string of the molecule is CC(N)C(C)C(=O)Nc1ccc(OC2CCC2)c(F)c1. The van der Waals surface area contributed by atoms with Gasteiger partial charge >= 0.3 is 0 Å². The second-order valence-corrected chi connectivity index (χ2v) is 5.45. The Kier molecular flexibility index (Phi) is 4.60. The van der Waals surface area contributed by atoms with E-state index >= 15 is 0 Å². The fraction of sp³-hybridized carbons (Fsp3) is 0.533. The van der Waals surface area contributed by atoms with Crippen LogP contribution >= 0.6 is 0 Å². The summed E-state index contributed by atoms with van der Waals surface area (Å²) < 4.78 is 19.4. The predicted molar refractivity (Wildman–Crippen MR) is 76.1 cm³/mol. The van der Waals surface area contributed by atoms with E-state index in [2.05, 4.69) is 5.32 Å². The Hall–Kier alpha value is -1.62. The van der Waals surface area contributed by atoms with Crippen LogP contribution in [0.3, 0.4) is 0 Å². The first-order valence-electron chi connectivity index (χ1n) is 7.00. The predicted octanol–water partition coefficient (Wildman–Crippen LogP) is 2.68. The Morgan fingerprint density at radius 1 is 1.45 bits per heavy atom. The van der Waals surface area contributed by atoms with Crippen LogP contribution in [0.4, 0.5) is 10.1 Å². The lowest BCUT2D eigenvalue weighted by molar-refractivity contribution is -0.119. The summed E-state index contributed by atoms with van der Waals surface area (Å²) in [6.45, 7) is 3.50. The van der Waals surface area contributed by atoms with Crippen molar-refractivity contribution >= 4 is 11.6 Å². The molecule has 110 valence electrons. The van der Waals surface area contributed by atoms with E-state index in [1.54, 1.807) is 26.0 Å². The molecule has 2 unspecified atom stereocenters. The summed E-state index contributed by atoms with van der Waals surface area (Å²) in [6, 6.07) is 4.23. The highest BCUT2D eigenvalue weighted by Crippen LogP contribution is 2.28. The van der Waals surface area contributed by atoms with Gasteiger partial charge in [0.15, 0.2) is 11.6 Å². The average Bonchev–Trinajstić information content (AvgIpc) is 2.34. The van der Waals surface area contributed by atoms with E-state index in [0.29, 0.717) is 5.69 Å². The third kappa shape index (κ3) is 3.48. The summed E-state index contributed by atoms with van der Waals surface area (Å²) >= 11 is 0. The molecule has 1 saturated carbocycles. The number of amides is 1. The lowest BCUT2D eigenvalue weighted by atomic mass is 9.96. The second-order valence-electron chi connectivity index (χ2n) is 5.45. The number of hydrogen-bond acceptors (Lipinski definition) is 3. The number of nitrogens with two attached hydrogens (primary N) is 1. The highest BCUT2D eigenvalue weighted by atomic mass is 19.1. The molecule has 1 amide bonds. The average molecular weight is 280 g/mol. The van der Waals surface area contributed by atoms with Gasteiger partial charge in [-0.1, -0.05) is 6.92 Å². The highest BCUT2D eigenvalue weighted by Gasteiger charge is 2.21. The van der Waals surface area contributed by atoms with Gasteiger partial charge in [0.25, 0.3) is 0 Å². The maximum absolute atomic E-state index is 13.9. The van der Waals surface area contributed by atoms with E-state index in [1.165, 1.54) is 6.07 Å². The van der Waals surface area contributed by atoms with Crippen LogP contribution < -0.4 is 15.8 Å². The number of hydrogen-bond donors (Lipinski definition) is 2. The Balaban J connectivity index is 1.99. The first-order chi connectivity index (χ1) is 9.47. The molecule has 2 atom stereocenters. The van der Waals surface area contributed by atoms with E-state index < -0.39 is 5.82 Å². The monoisotopic (exact) mass is 280 g/mol. The fourth-order valence-electron chi connectivity index (χ4n) is 1.84. The van der Waals surface area contributed by atoms with E-state index in [9.17, 15) is 9.18 Å². The molecule has 1 fully saturated rings. The summed E-state index contributed by atoms with van der Waals surface area (Å²) in [5.41, 5.74) is 6.08. The molecule has 20 heavy (non-hydrogen) atoms. The largest absolute Gasteiger partial charge is 0.487 e. The maximum Gasteiger partial charge on any atom is 0.228 e. The lowest BCUT2D eigenvalue weighted by Gasteiger charge is -2.26. The van der Waals surface area contributed by atoms with E-state index in [4.69, 9.17) is 10.5 Å². The topological polar surface area (TPSA) is 64.4 Å². The molecule has 1 aliphatic carbocycles. The minimum Gasteiger partial charge on any atom is -0.487 e. The van der Waals surface area contributed by atoms with Crippen molar-refractivity contribution in [2.45, 2.75) is 45.3 Å². The van der Waals surface area contributed by atoms with Crippen LogP contribution in [-0.2, 0) is 4.79 Å². The molecule has 0 heterocycles. The number of anilines is 1. The number of carbonyl (C=O) groups excluding carboxylic acids is 1. The molecule has 5 heteroatoms. The first kappa shape index (κ1) is 14.8. The molecule has 1 aliphatic rings. The van der Waals surface area contributed by atoms with Crippen LogP contribution in [0.25, 0.3) is 0 Å². The first-order valence-corrected chi connectivity index (χ1v) is 7.00. The van der Waals surface area contributed by atoms with Gasteiger partial charge in [0.2, 0.25) is 5.91 Å². The zero-order chi connectivity index (χ0) is 14.7. The van der Waals surface area contributed by atoms with Gasteiger partial charge < -0.3 is 15.8 Å². The summed E-state index contributed by atoms with van der Waals surface area (Å²) in [4.78, 5) is 11.8. The zero-order valence-electron chi connectivity index (χ0n) is 11.9. The number of nitrogens with one attached hydrogen (secondary N) is 1. The van der Waals surface area contributed by atoms with Crippen molar-refractivity contribution in [3.8, 4) is 5.75 Å². The summed E-state index contributed by atoms with van der Waals surface area (Å²) in [6.07, 6.45) is 3.21. The number of carbonyl (C=O) groups is 1. The molecule has 0 bridgehead atoms. The number of ether oxygens (including phenoxy) is 1. The third-order valence-corrected chi connectivity index (χ3v) is 3.75. The maximum atomic E-state index is 13.9. The van der Waals surface area contributed by atoms with Crippen LogP contribution in [-0.4, -0.2) is 18.1 Å². The molecular formula is C15H21FN2O2. The number of halogens is 1. The molecule has 0 aliphatic heterocycles. The van der Waals surface area contributed by atoms with Gasteiger partial charge in [-0.2, -0.15) is 0 Å². The molecule has 0 spiro atoms. The van der Waals surface area contributed by atoms with E-state index in [0.717, 1.165) is 19.3 Å². The van der Waals surface area contributed by atoms with E-state index in [-0.39, 0.29) is 29.7 Å². The smallest absolute Gasteiger partial charge is 0.228 e. The van der Waals surface area contributed by atoms with Gasteiger partial charge in [-0.25, -0.2) is 4.39 Å². The quantitative estimate of drug-likeness (QED) is 0.871. The summed E-state index contributed by atoms with van der Waals surface area (Å²) in [5.74, 6) is -0.757. The summed E-state index contributed by atoms with van der Waals surface area (Å²) in [7, 11) is 0. The Morgan fingerprint density at radius 3 is 2.65 bits per heavy atom. The highest BCUT2D eigenvalue weighted by molar-refractivity contribution is 5.92. The van der Waals surface area contributed by atoms with Crippen molar-refractivity contribution in [3.05, 3.63) is 24.0 Å². The van der Waals surface area contributed by atoms with Gasteiger partial charge in [0.1, 0.15) is 0 Å². The number of benzene rings is 1. The Morgan fingerprint density at radius 2 is 2.15 bits per heavy atom. The summed E-state index contributed by atoms with van der Waals surface area (Å²) in [5, 5.41) is 2.66. The van der Waals surface area contributed by atoms with Gasteiger partial charge in [-0.3, -0.25) is 4.79 Å². The molecule has 3 N–H and O–H groups in total. The van der Waals surface area contributed by atoms with Crippen LogP contribution in [0, 0.1) is 11.7 Å². The molecule has 0 aromatic heterocycles.